The summed E-state index contributed by atoms with van der Waals surface area (Å²) in [5.74, 6) is -0.637. The molecule has 0 radical (unpaired) electrons. The van der Waals surface area contributed by atoms with Crippen molar-refractivity contribution >= 4 is 17.7 Å². The molecule has 0 aromatic rings. The van der Waals surface area contributed by atoms with Crippen LogP contribution >= 0.6 is 0 Å². The van der Waals surface area contributed by atoms with Crippen molar-refractivity contribution in [1.29, 1.82) is 0 Å². The zero-order valence-electron chi connectivity index (χ0n) is 12.0. The lowest BCUT2D eigenvalue weighted by Crippen LogP contribution is -2.42. The number of rotatable bonds is 3. The molecule has 3 amide bonds. The highest BCUT2D eigenvalue weighted by molar-refractivity contribution is 6.05. The maximum Gasteiger partial charge on any atom is 0.233 e. The lowest BCUT2D eigenvalue weighted by molar-refractivity contribution is -0.141. The van der Waals surface area contributed by atoms with Gasteiger partial charge in [0.05, 0.1) is 25.0 Å². The summed E-state index contributed by atoms with van der Waals surface area (Å²) >= 11 is 0. The summed E-state index contributed by atoms with van der Waals surface area (Å²) in [6.07, 6.45) is 5.43. The van der Waals surface area contributed by atoms with Gasteiger partial charge in [0.15, 0.2) is 0 Å². The number of imide groups is 1. The van der Waals surface area contributed by atoms with Crippen molar-refractivity contribution < 1.29 is 19.1 Å². The Morgan fingerprint density at radius 2 is 1.67 bits per heavy atom. The van der Waals surface area contributed by atoms with Crippen molar-refractivity contribution in [3.05, 3.63) is 12.2 Å². The van der Waals surface area contributed by atoms with Gasteiger partial charge < -0.3 is 9.64 Å². The van der Waals surface area contributed by atoms with Crippen molar-refractivity contribution in [2.75, 3.05) is 32.8 Å². The van der Waals surface area contributed by atoms with E-state index in [4.69, 9.17) is 4.74 Å². The number of fused-ring (bicyclic) bond motifs is 1. The predicted molar refractivity (Wildman–Crippen MR) is 74.1 cm³/mol. The standard InChI is InChI=1S/C15H20N2O4/c18-13(16-7-9-21-10-8-16)5-6-17-14(19)11-3-1-2-4-12(11)15(17)20/h1-2,11-12H,3-10H2/t11-,12-/m0/s1. The Kier molecular flexibility index (Phi) is 4.05. The second kappa shape index (κ2) is 5.97. The Bertz CT molecular complexity index is 456. The van der Waals surface area contributed by atoms with Crippen LogP contribution in [0.2, 0.25) is 0 Å². The van der Waals surface area contributed by atoms with Crippen molar-refractivity contribution in [3.63, 3.8) is 0 Å². The predicted octanol–water partition coefficient (Wildman–Crippen LogP) is 0.187. The molecule has 3 aliphatic rings. The molecule has 6 nitrogen and oxygen atoms in total. The number of allylic oxidation sites excluding steroid dienone is 2. The molecule has 0 aromatic heterocycles. The zero-order chi connectivity index (χ0) is 14.8. The number of morpholine rings is 1. The molecule has 0 aromatic carbocycles. The number of likely N-dealkylation sites (tertiary alicyclic amines) is 1. The summed E-state index contributed by atoms with van der Waals surface area (Å²) in [5, 5.41) is 0. The van der Waals surface area contributed by atoms with Crippen molar-refractivity contribution in [2.45, 2.75) is 19.3 Å². The van der Waals surface area contributed by atoms with Gasteiger partial charge in [0.1, 0.15) is 0 Å². The van der Waals surface area contributed by atoms with Crippen LogP contribution in [0.1, 0.15) is 19.3 Å². The molecule has 3 rings (SSSR count). The Balaban J connectivity index is 1.56. The SMILES string of the molecule is O=C(CCN1C(=O)[C@H]2CC=CC[C@@H]2C1=O)N1CCOCC1. The van der Waals surface area contributed by atoms with E-state index in [0.717, 1.165) is 0 Å². The van der Waals surface area contributed by atoms with Gasteiger partial charge in [-0.3, -0.25) is 19.3 Å². The number of nitrogens with zero attached hydrogens (tertiary/aromatic N) is 2. The fourth-order valence-electron chi connectivity index (χ4n) is 3.27. The molecule has 0 bridgehead atoms. The molecule has 6 heteroatoms. The first-order chi connectivity index (χ1) is 10.2. The van der Waals surface area contributed by atoms with Gasteiger partial charge in [0.25, 0.3) is 0 Å². The number of ether oxygens (including phenoxy) is 1. The topological polar surface area (TPSA) is 66.9 Å². The summed E-state index contributed by atoms with van der Waals surface area (Å²) in [5.41, 5.74) is 0. The fourth-order valence-corrected chi connectivity index (χ4v) is 3.27. The highest BCUT2D eigenvalue weighted by atomic mass is 16.5. The van der Waals surface area contributed by atoms with Crippen LogP contribution in [0.5, 0.6) is 0 Å². The Hall–Kier alpha value is -1.69. The molecule has 2 atom stereocenters. The Morgan fingerprint density at radius 1 is 1.10 bits per heavy atom. The minimum absolute atomic E-state index is 0.00750. The van der Waals surface area contributed by atoms with E-state index in [1.165, 1.54) is 4.90 Å². The van der Waals surface area contributed by atoms with E-state index < -0.39 is 0 Å². The van der Waals surface area contributed by atoms with Gasteiger partial charge in [0, 0.05) is 26.1 Å². The van der Waals surface area contributed by atoms with Crippen molar-refractivity contribution in [2.24, 2.45) is 11.8 Å². The van der Waals surface area contributed by atoms with Crippen LogP contribution in [0, 0.1) is 11.8 Å². The molecule has 0 saturated carbocycles. The molecular formula is C15H20N2O4. The number of hydrogen-bond donors (Lipinski definition) is 0. The average molecular weight is 292 g/mol. The largest absolute Gasteiger partial charge is 0.378 e. The first-order valence-corrected chi connectivity index (χ1v) is 7.54. The van der Waals surface area contributed by atoms with Crippen LogP contribution in [0.3, 0.4) is 0 Å². The molecule has 2 saturated heterocycles. The first kappa shape index (κ1) is 14.3. The van der Waals surface area contributed by atoms with E-state index >= 15 is 0 Å². The van der Waals surface area contributed by atoms with Crippen LogP contribution in [0.4, 0.5) is 0 Å². The van der Waals surface area contributed by atoms with E-state index in [-0.39, 0.29) is 42.5 Å². The third-order valence-corrected chi connectivity index (χ3v) is 4.51. The summed E-state index contributed by atoms with van der Waals surface area (Å²) in [4.78, 5) is 39.7. The lowest BCUT2D eigenvalue weighted by Gasteiger charge is -2.27. The van der Waals surface area contributed by atoms with Gasteiger partial charge in [0.2, 0.25) is 17.7 Å². The molecule has 1 aliphatic carbocycles. The van der Waals surface area contributed by atoms with Crippen LogP contribution in [0.25, 0.3) is 0 Å². The van der Waals surface area contributed by atoms with Crippen LogP contribution < -0.4 is 0 Å². The summed E-state index contributed by atoms with van der Waals surface area (Å²) < 4.78 is 5.21. The van der Waals surface area contributed by atoms with Gasteiger partial charge in [-0.1, -0.05) is 12.2 Å². The third kappa shape index (κ3) is 2.72. The molecular weight excluding hydrogens is 272 g/mol. The monoisotopic (exact) mass is 292 g/mol. The van der Waals surface area contributed by atoms with Gasteiger partial charge >= 0.3 is 0 Å². The molecule has 0 N–H and O–H groups in total. The van der Waals surface area contributed by atoms with Gasteiger partial charge in [-0.15, -0.1) is 0 Å². The van der Waals surface area contributed by atoms with Crippen molar-refractivity contribution in [1.82, 2.24) is 9.80 Å². The highest BCUT2D eigenvalue weighted by Gasteiger charge is 2.46. The summed E-state index contributed by atoms with van der Waals surface area (Å²) in [6.45, 7) is 2.51. The van der Waals surface area contributed by atoms with E-state index in [9.17, 15) is 14.4 Å². The Morgan fingerprint density at radius 3 is 2.24 bits per heavy atom. The molecule has 21 heavy (non-hydrogen) atoms. The molecule has 0 unspecified atom stereocenters. The van der Waals surface area contributed by atoms with E-state index in [0.29, 0.717) is 39.1 Å². The van der Waals surface area contributed by atoms with Crippen molar-refractivity contribution in [3.8, 4) is 0 Å². The maximum atomic E-state index is 12.3. The maximum absolute atomic E-state index is 12.3. The number of amides is 3. The van der Waals surface area contributed by atoms with Gasteiger partial charge in [-0.25, -0.2) is 0 Å². The average Bonchev–Trinajstić information content (AvgIpc) is 2.78. The van der Waals surface area contributed by atoms with Crippen LogP contribution in [-0.2, 0) is 19.1 Å². The van der Waals surface area contributed by atoms with Gasteiger partial charge in [-0.2, -0.15) is 0 Å². The Labute approximate surface area is 123 Å². The quantitative estimate of drug-likeness (QED) is 0.550. The second-order valence-electron chi connectivity index (χ2n) is 5.73. The second-order valence-corrected chi connectivity index (χ2v) is 5.73. The minimum atomic E-state index is -0.207. The summed E-state index contributed by atoms with van der Waals surface area (Å²) in [6, 6.07) is 0. The van der Waals surface area contributed by atoms with Crippen LogP contribution in [0.15, 0.2) is 12.2 Å². The minimum Gasteiger partial charge on any atom is -0.378 e. The molecule has 114 valence electrons. The molecule has 2 aliphatic heterocycles. The number of hydrogen-bond acceptors (Lipinski definition) is 4. The normalized spacial score (nSPS) is 29.0. The number of carbonyl (C=O) groups is 3. The van der Waals surface area contributed by atoms with E-state index in [2.05, 4.69) is 0 Å². The number of carbonyl (C=O) groups excluding carboxylic acids is 3. The first-order valence-electron chi connectivity index (χ1n) is 7.54. The third-order valence-electron chi connectivity index (χ3n) is 4.51. The summed E-state index contributed by atoms with van der Waals surface area (Å²) in [7, 11) is 0. The lowest BCUT2D eigenvalue weighted by atomic mass is 9.85. The molecule has 2 heterocycles. The van der Waals surface area contributed by atoms with Crippen LogP contribution in [-0.4, -0.2) is 60.4 Å². The van der Waals surface area contributed by atoms with E-state index in [1.54, 1.807) is 4.90 Å². The van der Waals surface area contributed by atoms with E-state index in [1.807, 2.05) is 12.2 Å². The highest BCUT2D eigenvalue weighted by Crippen LogP contribution is 2.35. The van der Waals surface area contributed by atoms with Gasteiger partial charge in [-0.05, 0) is 12.8 Å². The molecule has 2 fully saturated rings. The fraction of sp³-hybridized carbons (Fsp3) is 0.667. The smallest absolute Gasteiger partial charge is 0.233 e. The zero-order valence-corrected chi connectivity index (χ0v) is 12.0. The molecule has 0 spiro atoms.